The molecular weight excluding hydrogens is 194 g/mol. The predicted octanol–water partition coefficient (Wildman–Crippen LogP) is 1.40. The van der Waals surface area contributed by atoms with Crippen molar-refractivity contribution in [2.45, 2.75) is 45.6 Å². The number of hydrogen-bond acceptors (Lipinski definition) is 2. The number of hydrogen-bond donors (Lipinski definition) is 2. The molecule has 15 heavy (non-hydrogen) atoms. The van der Waals surface area contributed by atoms with Gasteiger partial charge in [0.25, 0.3) is 0 Å². The molecule has 0 aromatic heterocycles. The smallest absolute Gasteiger partial charge is 0.329 e. The molecule has 1 aliphatic rings. The fraction of sp³-hybridized carbons (Fsp3) is 0.818. The first kappa shape index (κ1) is 12.0. The van der Waals surface area contributed by atoms with Crippen LogP contribution in [0.3, 0.4) is 0 Å². The second-order valence-corrected chi connectivity index (χ2v) is 4.76. The summed E-state index contributed by atoms with van der Waals surface area (Å²) >= 11 is 0. The van der Waals surface area contributed by atoms with Crippen LogP contribution >= 0.6 is 0 Å². The lowest BCUT2D eigenvalue weighted by molar-refractivity contribution is -0.152. The highest BCUT2D eigenvalue weighted by Crippen LogP contribution is 2.32. The van der Waals surface area contributed by atoms with E-state index >= 15 is 0 Å². The molecule has 0 bridgehead atoms. The van der Waals surface area contributed by atoms with Crippen LogP contribution in [0, 0.1) is 11.8 Å². The molecule has 1 atom stereocenters. The Balaban J connectivity index is 2.60. The van der Waals surface area contributed by atoms with Gasteiger partial charge in [0.05, 0.1) is 0 Å². The molecule has 2 N–H and O–H groups in total. The van der Waals surface area contributed by atoms with Gasteiger partial charge >= 0.3 is 5.97 Å². The zero-order valence-corrected chi connectivity index (χ0v) is 9.54. The second-order valence-electron chi connectivity index (χ2n) is 4.76. The third-order valence-electron chi connectivity index (χ3n) is 3.39. The summed E-state index contributed by atoms with van der Waals surface area (Å²) in [7, 11) is 0. The lowest BCUT2D eigenvalue weighted by Crippen LogP contribution is -2.60. The van der Waals surface area contributed by atoms with E-state index in [1.54, 1.807) is 0 Å². The van der Waals surface area contributed by atoms with Gasteiger partial charge in [-0.3, -0.25) is 4.79 Å². The Morgan fingerprint density at radius 3 is 2.07 bits per heavy atom. The van der Waals surface area contributed by atoms with Gasteiger partial charge in [-0.25, -0.2) is 4.79 Å². The Bertz CT molecular complexity index is 269. The van der Waals surface area contributed by atoms with Gasteiger partial charge in [0, 0.05) is 5.92 Å². The summed E-state index contributed by atoms with van der Waals surface area (Å²) in [6.07, 6.45) is 1.99. The van der Waals surface area contributed by atoms with Gasteiger partial charge in [0.1, 0.15) is 5.54 Å². The molecule has 0 spiro atoms. The van der Waals surface area contributed by atoms with Crippen molar-refractivity contribution in [3.05, 3.63) is 0 Å². The maximum atomic E-state index is 11.7. The van der Waals surface area contributed by atoms with Crippen molar-refractivity contribution in [1.29, 1.82) is 0 Å². The van der Waals surface area contributed by atoms with Gasteiger partial charge in [0.2, 0.25) is 5.91 Å². The number of carbonyl (C=O) groups is 2. The maximum Gasteiger partial charge on any atom is 0.329 e. The van der Waals surface area contributed by atoms with Crippen LogP contribution in [0.2, 0.25) is 0 Å². The largest absolute Gasteiger partial charge is 0.480 e. The molecule has 0 aromatic rings. The van der Waals surface area contributed by atoms with Gasteiger partial charge in [-0.2, -0.15) is 0 Å². The molecule has 1 fully saturated rings. The number of amides is 1. The third kappa shape index (κ3) is 2.30. The van der Waals surface area contributed by atoms with Crippen LogP contribution in [0.5, 0.6) is 0 Å². The first-order valence-electron chi connectivity index (χ1n) is 5.44. The summed E-state index contributed by atoms with van der Waals surface area (Å²) in [6.45, 7) is 5.74. The first-order valence-corrected chi connectivity index (χ1v) is 5.44. The summed E-state index contributed by atoms with van der Waals surface area (Å²) in [4.78, 5) is 22.7. The molecule has 4 heteroatoms. The molecule has 0 aliphatic heterocycles. The molecular formula is C11H19NO3. The summed E-state index contributed by atoms with van der Waals surface area (Å²) in [6, 6.07) is 0. The van der Waals surface area contributed by atoms with E-state index in [-0.39, 0.29) is 17.7 Å². The predicted molar refractivity (Wildman–Crippen MR) is 56.4 cm³/mol. The number of carbonyl (C=O) groups excluding carboxylic acids is 1. The molecule has 0 aromatic carbocycles. The van der Waals surface area contributed by atoms with E-state index in [0.29, 0.717) is 12.8 Å². The topological polar surface area (TPSA) is 66.4 Å². The van der Waals surface area contributed by atoms with Crippen molar-refractivity contribution in [2.24, 2.45) is 11.8 Å². The number of carboxylic acid groups (broad SMARTS) is 1. The molecule has 0 saturated heterocycles. The van der Waals surface area contributed by atoms with E-state index < -0.39 is 11.5 Å². The SMILES string of the molecule is CC(C)C(C)C(=O)NC1(C(=O)O)CCC1. The molecule has 0 radical (unpaired) electrons. The van der Waals surface area contributed by atoms with Crippen molar-refractivity contribution >= 4 is 11.9 Å². The summed E-state index contributed by atoms with van der Waals surface area (Å²) < 4.78 is 0. The molecule has 86 valence electrons. The Kier molecular flexibility index (Phi) is 3.37. The first-order chi connectivity index (χ1) is 6.89. The highest BCUT2D eigenvalue weighted by atomic mass is 16.4. The molecule has 1 rings (SSSR count). The molecule has 1 aliphatic carbocycles. The Labute approximate surface area is 90.0 Å². The zero-order chi connectivity index (χ0) is 11.6. The average molecular weight is 213 g/mol. The summed E-state index contributed by atoms with van der Waals surface area (Å²) in [5, 5.41) is 11.7. The van der Waals surface area contributed by atoms with Crippen LogP contribution in [0.4, 0.5) is 0 Å². The van der Waals surface area contributed by atoms with Crippen LogP contribution in [-0.4, -0.2) is 22.5 Å². The second kappa shape index (κ2) is 4.21. The van der Waals surface area contributed by atoms with Crippen molar-refractivity contribution in [2.75, 3.05) is 0 Å². The minimum atomic E-state index is -0.972. The van der Waals surface area contributed by atoms with E-state index in [0.717, 1.165) is 6.42 Å². The van der Waals surface area contributed by atoms with Gasteiger partial charge in [-0.1, -0.05) is 20.8 Å². The third-order valence-corrected chi connectivity index (χ3v) is 3.39. The lowest BCUT2D eigenvalue weighted by Gasteiger charge is -2.39. The van der Waals surface area contributed by atoms with E-state index in [1.807, 2.05) is 20.8 Å². The van der Waals surface area contributed by atoms with Gasteiger partial charge in [-0.05, 0) is 25.2 Å². The van der Waals surface area contributed by atoms with Gasteiger partial charge in [0.15, 0.2) is 0 Å². The fourth-order valence-corrected chi connectivity index (χ4v) is 1.58. The van der Waals surface area contributed by atoms with Crippen molar-refractivity contribution in [1.82, 2.24) is 5.32 Å². The van der Waals surface area contributed by atoms with Crippen LogP contribution < -0.4 is 5.32 Å². The van der Waals surface area contributed by atoms with Gasteiger partial charge < -0.3 is 10.4 Å². The Hall–Kier alpha value is -1.06. The number of nitrogens with one attached hydrogen (secondary N) is 1. The van der Waals surface area contributed by atoms with Crippen LogP contribution in [-0.2, 0) is 9.59 Å². The molecule has 0 heterocycles. The number of carboxylic acids is 1. The van der Waals surface area contributed by atoms with Gasteiger partial charge in [-0.15, -0.1) is 0 Å². The van der Waals surface area contributed by atoms with E-state index in [1.165, 1.54) is 0 Å². The highest BCUT2D eigenvalue weighted by Gasteiger charge is 2.46. The fourth-order valence-electron chi connectivity index (χ4n) is 1.58. The normalized spacial score (nSPS) is 20.5. The van der Waals surface area contributed by atoms with E-state index in [4.69, 9.17) is 5.11 Å². The van der Waals surface area contributed by atoms with Crippen molar-refractivity contribution in [3.8, 4) is 0 Å². The molecule has 1 amide bonds. The quantitative estimate of drug-likeness (QED) is 0.741. The van der Waals surface area contributed by atoms with Crippen molar-refractivity contribution < 1.29 is 14.7 Å². The minimum absolute atomic E-state index is 0.137. The average Bonchev–Trinajstić information content (AvgIpc) is 2.08. The summed E-state index contributed by atoms with van der Waals surface area (Å²) in [5.41, 5.74) is -0.972. The van der Waals surface area contributed by atoms with E-state index in [9.17, 15) is 9.59 Å². The highest BCUT2D eigenvalue weighted by molar-refractivity contribution is 5.88. The minimum Gasteiger partial charge on any atom is -0.480 e. The molecule has 1 unspecified atom stereocenters. The van der Waals surface area contributed by atoms with E-state index in [2.05, 4.69) is 5.32 Å². The number of rotatable bonds is 4. The van der Waals surface area contributed by atoms with Crippen molar-refractivity contribution in [3.63, 3.8) is 0 Å². The lowest BCUT2D eigenvalue weighted by atomic mass is 9.76. The maximum absolute atomic E-state index is 11.7. The Morgan fingerprint density at radius 2 is 1.80 bits per heavy atom. The molecule has 1 saturated carbocycles. The van der Waals surface area contributed by atoms with Crippen LogP contribution in [0.25, 0.3) is 0 Å². The van der Waals surface area contributed by atoms with Crippen LogP contribution in [0.1, 0.15) is 40.0 Å². The Morgan fingerprint density at radius 1 is 1.27 bits per heavy atom. The molecule has 4 nitrogen and oxygen atoms in total. The van der Waals surface area contributed by atoms with Crippen LogP contribution in [0.15, 0.2) is 0 Å². The zero-order valence-electron chi connectivity index (χ0n) is 9.54. The number of aliphatic carboxylic acids is 1. The standard InChI is InChI=1S/C11H19NO3/c1-7(2)8(3)9(13)12-11(10(14)15)5-4-6-11/h7-8H,4-6H2,1-3H3,(H,12,13)(H,14,15). The monoisotopic (exact) mass is 213 g/mol. The summed E-state index contributed by atoms with van der Waals surface area (Å²) in [5.74, 6) is -0.956.